The van der Waals surface area contributed by atoms with Crippen molar-refractivity contribution in [2.75, 3.05) is 7.11 Å². The summed E-state index contributed by atoms with van der Waals surface area (Å²) in [7, 11) is 1.48. The largest absolute Gasteiger partial charge is 0.465 e. The number of benzene rings is 1. The lowest BCUT2D eigenvalue weighted by Gasteiger charge is -2.21. The van der Waals surface area contributed by atoms with Gasteiger partial charge >= 0.3 is 5.97 Å². The van der Waals surface area contributed by atoms with Crippen LogP contribution < -0.4 is 0 Å². The number of hydrogen-bond donors (Lipinski definition) is 0. The number of carbonyl (C=O) groups excluding carboxylic acids is 1. The Morgan fingerprint density at radius 3 is 1.82 bits per heavy atom. The number of hydrogen-bond acceptors (Lipinski definition) is 2. The van der Waals surface area contributed by atoms with Gasteiger partial charge in [0, 0.05) is 0 Å². The van der Waals surface area contributed by atoms with Crippen LogP contribution in [0, 0.1) is 0 Å². The van der Waals surface area contributed by atoms with Crippen LogP contribution in [0.15, 0.2) is 6.07 Å². The van der Waals surface area contributed by atoms with Gasteiger partial charge in [-0.25, -0.2) is 4.79 Å². The molecule has 0 saturated carbocycles. The number of rotatable bonds is 9. The summed E-state index contributed by atoms with van der Waals surface area (Å²) in [6.07, 6.45) is 8.61. The summed E-state index contributed by atoms with van der Waals surface area (Å²) in [5.41, 5.74) is 6.32. The fraction of sp³-hybridized carbons (Fsp3) is 0.650. The predicted octanol–water partition coefficient (Wildman–Crippen LogP) is 5.28. The van der Waals surface area contributed by atoms with E-state index in [0.29, 0.717) is 0 Å². The van der Waals surface area contributed by atoms with Crippen LogP contribution in [0.2, 0.25) is 0 Å². The third-order valence-corrected chi connectivity index (χ3v) is 4.18. The van der Waals surface area contributed by atoms with E-state index in [4.69, 9.17) is 4.74 Å². The Balaban J connectivity index is 3.59. The smallest absolute Gasteiger partial charge is 0.338 e. The van der Waals surface area contributed by atoms with Crippen LogP contribution in [0.25, 0.3) is 0 Å². The zero-order valence-corrected chi connectivity index (χ0v) is 15.1. The molecule has 0 unspecified atom stereocenters. The van der Waals surface area contributed by atoms with E-state index in [-0.39, 0.29) is 5.97 Å². The average molecular weight is 304 g/mol. The van der Waals surface area contributed by atoms with Crippen LogP contribution >= 0.6 is 0 Å². The molecule has 1 aromatic rings. The summed E-state index contributed by atoms with van der Waals surface area (Å²) in [6.45, 7) is 8.83. The number of aryl methyl sites for hydroxylation is 1. The lowest BCUT2D eigenvalue weighted by atomic mass is 9.84. The van der Waals surface area contributed by atoms with E-state index in [0.717, 1.165) is 56.9 Å². The van der Waals surface area contributed by atoms with Crippen LogP contribution in [0.3, 0.4) is 0 Å². The molecule has 0 atom stereocenters. The minimum atomic E-state index is -0.179. The Kier molecular flexibility index (Phi) is 8.22. The van der Waals surface area contributed by atoms with Crippen LogP contribution in [0.4, 0.5) is 0 Å². The predicted molar refractivity (Wildman–Crippen MR) is 93.8 cm³/mol. The van der Waals surface area contributed by atoms with Crippen LogP contribution in [0.5, 0.6) is 0 Å². The first-order valence-corrected chi connectivity index (χ1v) is 8.89. The topological polar surface area (TPSA) is 26.3 Å². The number of esters is 1. The van der Waals surface area contributed by atoms with E-state index >= 15 is 0 Å². The van der Waals surface area contributed by atoms with Gasteiger partial charge in [0.15, 0.2) is 0 Å². The lowest BCUT2D eigenvalue weighted by molar-refractivity contribution is 0.0599. The molecule has 0 saturated heterocycles. The quantitative estimate of drug-likeness (QED) is 0.580. The molecule has 0 spiro atoms. The Labute approximate surface area is 136 Å². The second-order valence-electron chi connectivity index (χ2n) is 6.01. The standard InChI is InChI=1S/C20H32O2/c1-6-10-15-14-19(20(21)22-5)18(13-9-4)17(12-8-3)16(15)11-7-2/h14H,6-13H2,1-5H3. The first-order chi connectivity index (χ1) is 10.6. The Bertz CT molecular complexity index is 489. The van der Waals surface area contributed by atoms with Crippen LogP contribution in [-0.2, 0) is 30.4 Å². The van der Waals surface area contributed by atoms with Crippen molar-refractivity contribution in [1.29, 1.82) is 0 Å². The molecule has 0 N–H and O–H groups in total. The monoisotopic (exact) mass is 304 g/mol. The van der Waals surface area contributed by atoms with Crippen molar-refractivity contribution in [3.05, 3.63) is 33.9 Å². The van der Waals surface area contributed by atoms with E-state index in [1.165, 1.54) is 29.4 Å². The van der Waals surface area contributed by atoms with E-state index < -0.39 is 0 Å². The summed E-state index contributed by atoms with van der Waals surface area (Å²) in [6, 6.07) is 2.12. The molecule has 0 aliphatic rings. The van der Waals surface area contributed by atoms with E-state index in [1.807, 2.05) is 0 Å². The van der Waals surface area contributed by atoms with E-state index in [1.54, 1.807) is 0 Å². The second-order valence-corrected chi connectivity index (χ2v) is 6.01. The van der Waals surface area contributed by atoms with Gasteiger partial charge in [-0.3, -0.25) is 0 Å². The maximum atomic E-state index is 12.3. The zero-order chi connectivity index (χ0) is 16.5. The van der Waals surface area contributed by atoms with E-state index in [2.05, 4.69) is 33.8 Å². The minimum Gasteiger partial charge on any atom is -0.465 e. The molecule has 0 radical (unpaired) electrons. The number of carbonyl (C=O) groups is 1. The first-order valence-electron chi connectivity index (χ1n) is 8.89. The lowest BCUT2D eigenvalue weighted by Crippen LogP contribution is -2.13. The van der Waals surface area contributed by atoms with Crippen molar-refractivity contribution in [2.45, 2.75) is 79.1 Å². The fourth-order valence-corrected chi connectivity index (χ4v) is 3.32. The average Bonchev–Trinajstić information content (AvgIpc) is 2.52. The summed E-state index contributed by atoms with van der Waals surface area (Å²) in [5, 5.41) is 0. The van der Waals surface area contributed by atoms with Gasteiger partial charge in [0.25, 0.3) is 0 Å². The van der Waals surface area contributed by atoms with Crippen molar-refractivity contribution in [1.82, 2.24) is 0 Å². The molecule has 0 aromatic heterocycles. The molecule has 22 heavy (non-hydrogen) atoms. The highest BCUT2D eigenvalue weighted by atomic mass is 16.5. The molecule has 2 heteroatoms. The van der Waals surface area contributed by atoms with Gasteiger partial charge < -0.3 is 4.74 Å². The normalized spacial score (nSPS) is 10.8. The highest BCUT2D eigenvalue weighted by molar-refractivity contribution is 5.92. The summed E-state index contributed by atoms with van der Waals surface area (Å²) in [4.78, 5) is 12.3. The van der Waals surface area contributed by atoms with Crippen molar-refractivity contribution in [3.63, 3.8) is 0 Å². The molecule has 0 aliphatic heterocycles. The summed E-state index contributed by atoms with van der Waals surface area (Å²) in [5.74, 6) is -0.179. The Morgan fingerprint density at radius 2 is 1.32 bits per heavy atom. The molecule has 0 amide bonds. The third-order valence-electron chi connectivity index (χ3n) is 4.18. The maximum Gasteiger partial charge on any atom is 0.338 e. The number of methoxy groups -OCH3 is 1. The maximum absolute atomic E-state index is 12.3. The van der Waals surface area contributed by atoms with Gasteiger partial charge in [0.05, 0.1) is 12.7 Å². The number of ether oxygens (including phenoxy) is 1. The molecule has 0 aliphatic carbocycles. The molecule has 1 aromatic carbocycles. The van der Waals surface area contributed by atoms with Gasteiger partial charge in [0.1, 0.15) is 0 Å². The fourth-order valence-electron chi connectivity index (χ4n) is 3.32. The van der Waals surface area contributed by atoms with Gasteiger partial charge in [-0.15, -0.1) is 0 Å². The Morgan fingerprint density at radius 1 is 0.818 bits per heavy atom. The molecule has 1 rings (SSSR count). The van der Waals surface area contributed by atoms with Gasteiger partial charge in [-0.2, -0.15) is 0 Å². The molecule has 124 valence electrons. The third kappa shape index (κ3) is 4.34. The molecule has 2 nitrogen and oxygen atoms in total. The van der Waals surface area contributed by atoms with Gasteiger partial charge in [0.2, 0.25) is 0 Å². The second kappa shape index (κ2) is 9.66. The van der Waals surface area contributed by atoms with Crippen molar-refractivity contribution < 1.29 is 9.53 Å². The van der Waals surface area contributed by atoms with Crippen molar-refractivity contribution >= 4 is 5.97 Å². The SMILES string of the molecule is CCCc1cc(C(=O)OC)c(CCC)c(CCC)c1CCC. The van der Waals surface area contributed by atoms with Crippen LogP contribution in [0.1, 0.15) is 86.0 Å². The molecular weight excluding hydrogens is 272 g/mol. The first kappa shape index (κ1) is 18.7. The zero-order valence-electron chi connectivity index (χ0n) is 15.1. The summed E-state index contributed by atoms with van der Waals surface area (Å²) >= 11 is 0. The molecule has 0 fully saturated rings. The highest BCUT2D eigenvalue weighted by Crippen LogP contribution is 2.29. The van der Waals surface area contributed by atoms with Gasteiger partial charge in [-0.05, 0) is 54.0 Å². The molecule has 0 bridgehead atoms. The van der Waals surface area contributed by atoms with Crippen molar-refractivity contribution in [2.24, 2.45) is 0 Å². The van der Waals surface area contributed by atoms with Crippen LogP contribution in [-0.4, -0.2) is 13.1 Å². The van der Waals surface area contributed by atoms with Gasteiger partial charge in [-0.1, -0.05) is 53.4 Å². The molecular formula is C20H32O2. The Hall–Kier alpha value is -1.31. The highest BCUT2D eigenvalue weighted by Gasteiger charge is 2.20. The minimum absolute atomic E-state index is 0.179. The summed E-state index contributed by atoms with van der Waals surface area (Å²) < 4.78 is 5.05. The van der Waals surface area contributed by atoms with E-state index in [9.17, 15) is 4.79 Å². The van der Waals surface area contributed by atoms with Crippen molar-refractivity contribution in [3.8, 4) is 0 Å². The molecule has 0 heterocycles.